The van der Waals surface area contributed by atoms with Crippen molar-refractivity contribution in [3.8, 4) is 0 Å². The molecule has 19 heavy (non-hydrogen) atoms. The van der Waals surface area contributed by atoms with E-state index in [-0.39, 0.29) is 0 Å². The van der Waals surface area contributed by atoms with Crippen LogP contribution in [0.4, 0.5) is 0 Å². The Morgan fingerprint density at radius 3 is 3.05 bits per heavy atom. The number of para-hydroxylation sites is 1. The number of thiazole rings is 1. The molecule has 1 aromatic heterocycles. The minimum Gasteiger partial charge on any atom is -0.315 e. The molecule has 0 aliphatic carbocycles. The molecule has 1 aliphatic rings. The van der Waals surface area contributed by atoms with Crippen molar-refractivity contribution in [2.24, 2.45) is 0 Å². The highest BCUT2D eigenvalue weighted by atomic mass is 32.1. The Labute approximate surface area is 118 Å². The molecule has 1 aliphatic heterocycles. The average Bonchev–Trinajstić information content (AvgIpc) is 3.07. The van der Waals surface area contributed by atoms with Gasteiger partial charge in [0.05, 0.1) is 16.8 Å². The summed E-state index contributed by atoms with van der Waals surface area (Å²) in [5.74, 6) is 0. The van der Waals surface area contributed by atoms with E-state index in [1.165, 1.54) is 29.1 Å². The Hall–Kier alpha value is -0.970. The summed E-state index contributed by atoms with van der Waals surface area (Å²) in [6, 6.07) is 9.12. The highest BCUT2D eigenvalue weighted by Crippen LogP contribution is 2.24. The van der Waals surface area contributed by atoms with Crippen LogP contribution in [0.25, 0.3) is 10.2 Å². The maximum atomic E-state index is 4.76. The molecule has 0 saturated carbocycles. The number of rotatable bonds is 5. The average molecular weight is 275 g/mol. The minimum absolute atomic E-state index is 0.687. The van der Waals surface area contributed by atoms with Gasteiger partial charge in [-0.2, -0.15) is 0 Å². The zero-order chi connectivity index (χ0) is 13.1. The summed E-state index contributed by atoms with van der Waals surface area (Å²) in [7, 11) is 0. The Bertz CT molecular complexity index is 498. The van der Waals surface area contributed by atoms with Crippen molar-refractivity contribution >= 4 is 21.6 Å². The topological polar surface area (TPSA) is 28.2 Å². The molecule has 0 bridgehead atoms. The third kappa shape index (κ3) is 2.96. The van der Waals surface area contributed by atoms with Crippen molar-refractivity contribution in [1.29, 1.82) is 0 Å². The molecular formula is C15H21N3S. The lowest BCUT2D eigenvalue weighted by Crippen LogP contribution is -2.36. The molecular weight excluding hydrogens is 254 g/mol. The second kappa shape index (κ2) is 5.99. The first kappa shape index (κ1) is 13.0. The van der Waals surface area contributed by atoms with E-state index in [0.717, 1.165) is 25.2 Å². The highest BCUT2D eigenvalue weighted by Gasteiger charge is 2.22. The highest BCUT2D eigenvalue weighted by molar-refractivity contribution is 7.18. The van der Waals surface area contributed by atoms with Crippen LogP contribution >= 0.6 is 11.3 Å². The number of nitrogens with one attached hydrogen (secondary N) is 1. The summed E-state index contributed by atoms with van der Waals surface area (Å²) in [6.07, 6.45) is 2.48. The van der Waals surface area contributed by atoms with E-state index in [4.69, 9.17) is 4.98 Å². The van der Waals surface area contributed by atoms with Gasteiger partial charge in [0.2, 0.25) is 0 Å². The number of benzene rings is 1. The van der Waals surface area contributed by atoms with E-state index in [0.29, 0.717) is 6.04 Å². The van der Waals surface area contributed by atoms with Gasteiger partial charge in [0.25, 0.3) is 0 Å². The van der Waals surface area contributed by atoms with Crippen molar-refractivity contribution in [1.82, 2.24) is 15.2 Å². The summed E-state index contributed by atoms with van der Waals surface area (Å²) >= 11 is 1.84. The van der Waals surface area contributed by atoms with E-state index in [1.807, 2.05) is 11.3 Å². The third-order valence-electron chi connectivity index (χ3n) is 3.74. The van der Waals surface area contributed by atoms with Gasteiger partial charge in [-0.05, 0) is 38.1 Å². The first-order valence-corrected chi connectivity index (χ1v) is 7.97. The van der Waals surface area contributed by atoms with Gasteiger partial charge in [0.1, 0.15) is 5.01 Å². The molecule has 2 aromatic rings. The zero-order valence-electron chi connectivity index (χ0n) is 11.4. The number of hydrogen-bond acceptors (Lipinski definition) is 4. The third-order valence-corrected chi connectivity index (χ3v) is 4.76. The van der Waals surface area contributed by atoms with Gasteiger partial charge in [0.15, 0.2) is 0 Å². The van der Waals surface area contributed by atoms with Gasteiger partial charge >= 0.3 is 0 Å². The van der Waals surface area contributed by atoms with Crippen molar-refractivity contribution in [3.63, 3.8) is 0 Å². The smallest absolute Gasteiger partial charge is 0.108 e. The van der Waals surface area contributed by atoms with E-state index in [2.05, 4.69) is 41.4 Å². The van der Waals surface area contributed by atoms with Crippen LogP contribution in [0, 0.1) is 0 Å². The number of fused-ring (bicyclic) bond motifs is 1. The van der Waals surface area contributed by atoms with Gasteiger partial charge in [-0.3, -0.25) is 4.90 Å². The molecule has 2 heterocycles. The summed E-state index contributed by atoms with van der Waals surface area (Å²) in [4.78, 5) is 7.36. The van der Waals surface area contributed by atoms with Crippen LogP contribution in [0.15, 0.2) is 24.3 Å². The van der Waals surface area contributed by atoms with Crippen LogP contribution in [0.5, 0.6) is 0 Å². The number of hydrogen-bond donors (Lipinski definition) is 1. The van der Waals surface area contributed by atoms with Crippen molar-refractivity contribution in [2.75, 3.05) is 19.6 Å². The molecule has 1 fully saturated rings. The van der Waals surface area contributed by atoms with Crippen molar-refractivity contribution in [3.05, 3.63) is 29.3 Å². The lowest BCUT2D eigenvalue weighted by molar-refractivity contribution is 0.199. The van der Waals surface area contributed by atoms with Crippen LogP contribution in [-0.2, 0) is 6.54 Å². The summed E-state index contributed by atoms with van der Waals surface area (Å²) in [6.45, 7) is 6.71. The molecule has 0 amide bonds. The molecule has 0 spiro atoms. The Morgan fingerprint density at radius 2 is 2.32 bits per heavy atom. The summed E-state index contributed by atoms with van der Waals surface area (Å²) in [5.41, 5.74) is 1.14. The van der Waals surface area contributed by atoms with Gasteiger partial charge in [-0.15, -0.1) is 11.3 Å². The van der Waals surface area contributed by atoms with E-state index in [9.17, 15) is 0 Å². The van der Waals surface area contributed by atoms with E-state index < -0.39 is 0 Å². The fourth-order valence-electron chi connectivity index (χ4n) is 2.79. The largest absolute Gasteiger partial charge is 0.315 e. The fourth-order valence-corrected chi connectivity index (χ4v) is 3.78. The molecule has 1 saturated heterocycles. The number of aromatic nitrogens is 1. The fraction of sp³-hybridized carbons (Fsp3) is 0.533. The molecule has 102 valence electrons. The van der Waals surface area contributed by atoms with Crippen LogP contribution in [0.3, 0.4) is 0 Å². The van der Waals surface area contributed by atoms with Crippen LogP contribution in [-0.4, -0.2) is 35.6 Å². The van der Waals surface area contributed by atoms with E-state index >= 15 is 0 Å². The maximum Gasteiger partial charge on any atom is 0.108 e. The van der Waals surface area contributed by atoms with Gasteiger partial charge in [-0.1, -0.05) is 19.1 Å². The Kier molecular flexibility index (Phi) is 4.11. The van der Waals surface area contributed by atoms with Crippen LogP contribution in [0.1, 0.15) is 24.8 Å². The lowest BCUT2D eigenvalue weighted by Gasteiger charge is -2.26. The number of nitrogens with zero attached hydrogens (tertiary/aromatic N) is 2. The first-order chi connectivity index (χ1) is 9.36. The normalized spacial score (nSPS) is 19.6. The van der Waals surface area contributed by atoms with Crippen LogP contribution in [0.2, 0.25) is 0 Å². The summed E-state index contributed by atoms with van der Waals surface area (Å²) in [5, 5.41) is 4.72. The molecule has 3 rings (SSSR count). The van der Waals surface area contributed by atoms with Crippen LogP contribution < -0.4 is 5.32 Å². The van der Waals surface area contributed by atoms with E-state index in [1.54, 1.807) is 0 Å². The second-order valence-corrected chi connectivity index (χ2v) is 6.31. The second-order valence-electron chi connectivity index (χ2n) is 5.19. The van der Waals surface area contributed by atoms with Gasteiger partial charge in [0, 0.05) is 12.6 Å². The predicted octanol–water partition coefficient (Wildman–Crippen LogP) is 2.87. The van der Waals surface area contributed by atoms with Gasteiger partial charge in [-0.25, -0.2) is 4.98 Å². The molecule has 1 N–H and O–H groups in total. The maximum absolute atomic E-state index is 4.76. The first-order valence-electron chi connectivity index (χ1n) is 7.16. The zero-order valence-corrected chi connectivity index (χ0v) is 12.2. The molecule has 0 radical (unpaired) electrons. The Morgan fingerprint density at radius 1 is 1.42 bits per heavy atom. The Balaban J connectivity index is 1.76. The molecule has 1 atom stereocenters. The molecule has 3 nitrogen and oxygen atoms in total. The molecule has 4 heteroatoms. The van der Waals surface area contributed by atoms with Crippen molar-refractivity contribution in [2.45, 2.75) is 32.4 Å². The lowest BCUT2D eigenvalue weighted by atomic mass is 10.2. The molecule has 1 aromatic carbocycles. The molecule has 1 unspecified atom stereocenters. The predicted molar refractivity (Wildman–Crippen MR) is 81.6 cm³/mol. The van der Waals surface area contributed by atoms with Gasteiger partial charge < -0.3 is 5.32 Å². The quantitative estimate of drug-likeness (QED) is 0.909. The minimum atomic E-state index is 0.687. The summed E-state index contributed by atoms with van der Waals surface area (Å²) < 4.78 is 1.30. The SMILES string of the molecule is CCCN(Cc1nc2ccccc2s1)C1CCNC1. The standard InChI is InChI=1S/C15H21N3S/c1-2-9-18(12-7-8-16-10-12)11-15-17-13-5-3-4-6-14(13)19-15/h3-6,12,16H,2,7-11H2,1H3. The van der Waals surface area contributed by atoms with Crippen molar-refractivity contribution < 1.29 is 0 Å². The monoisotopic (exact) mass is 275 g/mol.